The summed E-state index contributed by atoms with van der Waals surface area (Å²) < 4.78 is 5.32. The molecule has 1 N–H and O–H groups in total. The van der Waals surface area contributed by atoms with Crippen molar-refractivity contribution in [3.63, 3.8) is 0 Å². The smallest absolute Gasteiger partial charge is 0.323 e. The number of rotatable bonds is 4. The summed E-state index contributed by atoms with van der Waals surface area (Å²) >= 11 is 1.68. The molecule has 0 spiro atoms. The first-order chi connectivity index (χ1) is 7.79. The molecule has 0 saturated carbocycles. The van der Waals surface area contributed by atoms with Crippen molar-refractivity contribution in [1.82, 2.24) is 5.32 Å². The fraction of sp³-hybridized carbons (Fsp3) is 0.615. The van der Waals surface area contributed by atoms with Crippen molar-refractivity contribution in [2.24, 2.45) is 0 Å². The van der Waals surface area contributed by atoms with E-state index in [1.807, 2.05) is 46.1 Å². The van der Waals surface area contributed by atoms with Crippen LogP contribution in [-0.4, -0.2) is 17.6 Å². The molecule has 4 heteroatoms. The van der Waals surface area contributed by atoms with E-state index in [1.165, 1.54) is 4.88 Å². The molecule has 1 heterocycles. The summed E-state index contributed by atoms with van der Waals surface area (Å²) in [6.07, 6.45) is 0. The normalized spacial score (nSPS) is 15.4. The van der Waals surface area contributed by atoms with Gasteiger partial charge in [-0.05, 0) is 46.1 Å². The van der Waals surface area contributed by atoms with Gasteiger partial charge in [-0.2, -0.15) is 0 Å². The highest BCUT2D eigenvalue weighted by Gasteiger charge is 2.23. The summed E-state index contributed by atoms with van der Waals surface area (Å²) in [6.45, 7) is 9.51. The number of carbonyl (C=O) groups is 1. The van der Waals surface area contributed by atoms with Gasteiger partial charge in [-0.1, -0.05) is 6.07 Å². The monoisotopic (exact) mass is 255 g/mol. The Balaban J connectivity index is 2.49. The highest BCUT2D eigenvalue weighted by Crippen LogP contribution is 2.19. The van der Waals surface area contributed by atoms with Crippen LogP contribution in [-0.2, 0) is 9.53 Å². The van der Waals surface area contributed by atoms with Crippen LogP contribution in [0.25, 0.3) is 0 Å². The van der Waals surface area contributed by atoms with E-state index in [1.54, 1.807) is 11.3 Å². The topological polar surface area (TPSA) is 38.3 Å². The molecule has 0 aliphatic heterocycles. The van der Waals surface area contributed by atoms with Gasteiger partial charge < -0.3 is 4.74 Å². The number of thiophene rings is 1. The van der Waals surface area contributed by atoms with Crippen molar-refractivity contribution in [3.05, 3.63) is 22.4 Å². The van der Waals surface area contributed by atoms with Crippen LogP contribution in [0.5, 0.6) is 0 Å². The summed E-state index contributed by atoms with van der Waals surface area (Å²) in [5.74, 6) is -0.207. The van der Waals surface area contributed by atoms with E-state index in [4.69, 9.17) is 4.74 Å². The minimum atomic E-state index is -0.431. The van der Waals surface area contributed by atoms with E-state index in [-0.39, 0.29) is 18.1 Å². The van der Waals surface area contributed by atoms with Gasteiger partial charge in [0.1, 0.15) is 11.6 Å². The maximum absolute atomic E-state index is 11.8. The molecule has 0 saturated heterocycles. The van der Waals surface area contributed by atoms with Gasteiger partial charge in [-0.25, -0.2) is 0 Å². The first kappa shape index (κ1) is 14.2. The molecule has 96 valence electrons. The fourth-order valence-electron chi connectivity index (χ4n) is 1.45. The van der Waals surface area contributed by atoms with Gasteiger partial charge in [0, 0.05) is 10.9 Å². The number of carbonyl (C=O) groups excluding carboxylic acids is 1. The third kappa shape index (κ3) is 4.88. The molecular weight excluding hydrogens is 234 g/mol. The Bertz CT molecular complexity index is 354. The highest BCUT2D eigenvalue weighted by atomic mass is 32.1. The number of esters is 1. The Morgan fingerprint density at radius 3 is 2.53 bits per heavy atom. The number of hydrogen-bond acceptors (Lipinski definition) is 4. The van der Waals surface area contributed by atoms with Gasteiger partial charge >= 0.3 is 5.97 Å². The average molecular weight is 255 g/mol. The maximum atomic E-state index is 11.8. The van der Waals surface area contributed by atoms with Gasteiger partial charge in [0.15, 0.2) is 0 Å². The van der Waals surface area contributed by atoms with Crippen LogP contribution in [0.2, 0.25) is 0 Å². The Hall–Kier alpha value is -0.870. The van der Waals surface area contributed by atoms with Gasteiger partial charge in [-0.15, -0.1) is 11.3 Å². The molecule has 0 amide bonds. The summed E-state index contributed by atoms with van der Waals surface area (Å²) in [4.78, 5) is 13.0. The van der Waals surface area contributed by atoms with E-state index in [0.717, 1.165) is 0 Å². The standard InChI is InChI=1S/C13H21NO2S/c1-9(11-7-6-8-17-11)14-10(2)12(15)16-13(3,4)5/h6-10,14H,1-5H3/t9-,10?/m1/s1. The number of nitrogens with one attached hydrogen (secondary N) is 1. The van der Waals surface area contributed by atoms with E-state index >= 15 is 0 Å². The average Bonchev–Trinajstić information content (AvgIpc) is 2.67. The molecule has 1 aromatic rings. The molecule has 1 unspecified atom stereocenters. The van der Waals surface area contributed by atoms with Crippen molar-refractivity contribution in [2.75, 3.05) is 0 Å². The second kappa shape index (κ2) is 5.65. The van der Waals surface area contributed by atoms with Gasteiger partial charge in [-0.3, -0.25) is 10.1 Å². The lowest BCUT2D eigenvalue weighted by molar-refractivity contribution is -0.157. The SMILES string of the molecule is CC(N[C@H](C)c1cccs1)C(=O)OC(C)(C)C. The van der Waals surface area contributed by atoms with E-state index in [0.29, 0.717) is 0 Å². The number of hydrogen-bond donors (Lipinski definition) is 1. The fourth-order valence-corrected chi connectivity index (χ4v) is 2.20. The Kier molecular flexibility index (Phi) is 4.71. The van der Waals surface area contributed by atoms with Crippen molar-refractivity contribution in [3.8, 4) is 0 Å². The summed E-state index contributed by atoms with van der Waals surface area (Å²) in [7, 11) is 0. The first-order valence-electron chi connectivity index (χ1n) is 5.82. The predicted molar refractivity (Wildman–Crippen MR) is 71.2 cm³/mol. The van der Waals surface area contributed by atoms with Crippen LogP contribution in [0.4, 0.5) is 0 Å². The molecule has 0 aliphatic carbocycles. The lowest BCUT2D eigenvalue weighted by Crippen LogP contribution is -2.40. The molecule has 17 heavy (non-hydrogen) atoms. The lowest BCUT2D eigenvalue weighted by atomic mass is 10.2. The van der Waals surface area contributed by atoms with Crippen LogP contribution >= 0.6 is 11.3 Å². The van der Waals surface area contributed by atoms with E-state index in [9.17, 15) is 4.79 Å². The minimum Gasteiger partial charge on any atom is -0.459 e. The zero-order valence-electron chi connectivity index (χ0n) is 11.1. The molecule has 1 rings (SSSR count). The van der Waals surface area contributed by atoms with Crippen molar-refractivity contribution in [2.45, 2.75) is 52.3 Å². The van der Waals surface area contributed by atoms with E-state index < -0.39 is 5.60 Å². The third-order valence-corrected chi connectivity index (χ3v) is 3.29. The highest BCUT2D eigenvalue weighted by molar-refractivity contribution is 7.10. The molecule has 0 fully saturated rings. The van der Waals surface area contributed by atoms with Crippen molar-refractivity contribution < 1.29 is 9.53 Å². The largest absolute Gasteiger partial charge is 0.459 e. The second-order valence-corrected chi connectivity index (χ2v) is 6.14. The molecule has 0 radical (unpaired) electrons. The maximum Gasteiger partial charge on any atom is 0.323 e. The van der Waals surface area contributed by atoms with Crippen LogP contribution in [0.3, 0.4) is 0 Å². The van der Waals surface area contributed by atoms with Crippen LogP contribution in [0.15, 0.2) is 17.5 Å². The van der Waals surface area contributed by atoms with Crippen molar-refractivity contribution in [1.29, 1.82) is 0 Å². The predicted octanol–water partition coefficient (Wildman–Crippen LogP) is 3.13. The Morgan fingerprint density at radius 1 is 1.41 bits per heavy atom. The lowest BCUT2D eigenvalue weighted by Gasteiger charge is -2.24. The third-order valence-electron chi connectivity index (χ3n) is 2.23. The zero-order valence-corrected chi connectivity index (χ0v) is 11.9. The summed E-state index contributed by atoms with van der Waals surface area (Å²) in [5, 5.41) is 5.27. The van der Waals surface area contributed by atoms with Gasteiger partial charge in [0.2, 0.25) is 0 Å². The molecular formula is C13H21NO2S. The molecule has 0 bridgehead atoms. The second-order valence-electron chi connectivity index (χ2n) is 5.16. The van der Waals surface area contributed by atoms with E-state index in [2.05, 4.69) is 11.4 Å². The molecule has 1 aromatic heterocycles. The Labute approximate surface area is 107 Å². The first-order valence-corrected chi connectivity index (χ1v) is 6.70. The Morgan fingerprint density at radius 2 is 2.06 bits per heavy atom. The van der Waals surface area contributed by atoms with Crippen LogP contribution in [0.1, 0.15) is 45.5 Å². The molecule has 2 atom stereocenters. The minimum absolute atomic E-state index is 0.164. The molecule has 0 aliphatic rings. The number of ether oxygens (including phenoxy) is 1. The van der Waals surface area contributed by atoms with Crippen molar-refractivity contribution >= 4 is 17.3 Å². The summed E-state index contributed by atoms with van der Waals surface area (Å²) in [6, 6.07) is 3.93. The summed E-state index contributed by atoms with van der Waals surface area (Å²) in [5.41, 5.74) is -0.431. The van der Waals surface area contributed by atoms with Crippen LogP contribution < -0.4 is 5.32 Å². The quantitative estimate of drug-likeness (QED) is 0.840. The van der Waals surface area contributed by atoms with Crippen LogP contribution in [0, 0.1) is 0 Å². The zero-order chi connectivity index (χ0) is 13.1. The molecule has 0 aromatic carbocycles. The van der Waals surface area contributed by atoms with Gasteiger partial charge in [0.25, 0.3) is 0 Å². The molecule has 3 nitrogen and oxygen atoms in total. The van der Waals surface area contributed by atoms with Gasteiger partial charge in [0.05, 0.1) is 0 Å².